The van der Waals surface area contributed by atoms with E-state index >= 15 is 0 Å². The van der Waals surface area contributed by atoms with Crippen LogP contribution < -0.4 is 10.6 Å². The Hall–Kier alpha value is -3.35. The molecule has 2 aliphatic carbocycles. The number of fused-ring (bicyclic) bond motifs is 3. The lowest BCUT2D eigenvalue weighted by Crippen LogP contribution is -2.55. The first-order valence-corrected chi connectivity index (χ1v) is 12.5. The van der Waals surface area contributed by atoms with Crippen molar-refractivity contribution in [3.63, 3.8) is 0 Å². The van der Waals surface area contributed by atoms with E-state index in [2.05, 4.69) is 34.9 Å². The molecule has 7 nitrogen and oxygen atoms in total. The molecule has 3 unspecified atom stereocenters. The summed E-state index contributed by atoms with van der Waals surface area (Å²) in [5, 5.41) is 15.2. The average molecular weight is 479 g/mol. The number of benzene rings is 2. The van der Waals surface area contributed by atoms with Crippen LogP contribution in [0.5, 0.6) is 0 Å². The third-order valence-corrected chi connectivity index (χ3v) is 7.52. The Morgan fingerprint density at radius 3 is 2.20 bits per heavy atom. The number of ether oxygens (including phenoxy) is 1. The predicted octanol–water partition coefficient (Wildman–Crippen LogP) is 4.70. The van der Waals surface area contributed by atoms with Crippen LogP contribution in [0.4, 0.5) is 4.79 Å². The maximum Gasteiger partial charge on any atom is 0.407 e. The number of nitrogens with one attached hydrogen (secondary N) is 2. The summed E-state index contributed by atoms with van der Waals surface area (Å²) in [4.78, 5) is 37.6. The van der Waals surface area contributed by atoms with Gasteiger partial charge in [-0.25, -0.2) is 4.79 Å². The van der Waals surface area contributed by atoms with Gasteiger partial charge in [0.15, 0.2) is 0 Å². The molecule has 4 atom stereocenters. The first-order chi connectivity index (χ1) is 16.9. The molecule has 2 aromatic rings. The molecular formula is C28H34N2O5. The first kappa shape index (κ1) is 24.8. The highest BCUT2D eigenvalue weighted by molar-refractivity contribution is 5.87. The van der Waals surface area contributed by atoms with Crippen LogP contribution in [0, 0.1) is 11.8 Å². The molecule has 1 fully saturated rings. The number of carbonyl (C=O) groups excluding carboxylic acids is 2. The zero-order valence-corrected chi connectivity index (χ0v) is 20.3. The quantitative estimate of drug-likeness (QED) is 0.510. The van der Waals surface area contributed by atoms with Crippen molar-refractivity contribution in [2.75, 3.05) is 6.61 Å². The summed E-state index contributed by atoms with van der Waals surface area (Å²) >= 11 is 0. The van der Waals surface area contributed by atoms with Gasteiger partial charge in [-0.3, -0.25) is 9.59 Å². The number of carboxylic acid groups (broad SMARTS) is 1. The van der Waals surface area contributed by atoms with Gasteiger partial charge in [0, 0.05) is 12.0 Å². The third-order valence-electron chi connectivity index (χ3n) is 7.52. The molecule has 0 bridgehead atoms. The van der Waals surface area contributed by atoms with Crippen molar-refractivity contribution in [2.24, 2.45) is 11.8 Å². The Bertz CT molecular complexity index is 1040. The smallest absolute Gasteiger partial charge is 0.407 e. The zero-order valence-electron chi connectivity index (χ0n) is 20.3. The van der Waals surface area contributed by atoms with Crippen LogP contribution >= 0.6 is 0 Å². The van der Waals surface area contributed by atoms with E-state index in [0.29, 0.717) is 19.3 Å². The van der Waals surface area contributed by atoms with Gasteiger partial charge in [-0.15, -0.1) is 0 Å². The molecular weight excluding hydrogens is 444 g/mol. The Balaban J connectivity index is 1.41. The summed E-state index contributed by atoms with van der Waals surface area (Å²) in [5.74, 6) is -2.05. The summed E-state index contributed by atoms with van der Waals surface area (Å²) in [5.41, 5.74) is 4.54. The van der Waals surface area contributed by atoms with Crippen molar-refractivity contribution in [1.29, 1.82) is 0 Å². The van der Waals surface area contributed by atoms with Gasteiger partial charge in [0.2, 0.25) is 5.91 Å². The average Bonchev–Trinajstić information content (AvgIpc) is 3.19. The lowest BCUT2D eigenvalue weighted by molar-refractivity contribution is -0.144. The van der Waals surface area contributed by atoms with Gasteiger partial charge in [0.05, 0.1) is 5.92 Å². The SMILES string of the molecule is CCC(C)[C@H](NC(=O)OCC1c2ccccc2-c2ccccc21)C(=O)NC1CCCCC1C(=O)O. The van der Waals surface area contributed by atoms with E-state index in [1.165, 1.54) is 0 Å². The second kappa shape index (κ2) is 10.9. The van der Waals surface area contributed by atoms with Crippen LogP contribution in [0.1, 0.15) is 63.0 Å². The Kier molecular flexibility index (Phi) is 7.73. The normalized spacial score (nSPS) is 20.7. The minimum atomic E-state index is -0.889. The largest absolute Gasteiger partial charge is 0.481 e. The van der Waals surface area contributed by atoms with Gasteiger partial charge in [-0.1, -0.05) is 81.6 Å². The van der Waals surface area contributed by atoms with Gasteiger partial charge in [-0.05, 0) is 41.0 Å². The zero-order chi connectivity index (χ0) is 24.9. The topological polar surface area (TPSA) is 105 Å². The maximum atomic E-state index is 13.1. The summed E-state index contributed by atoms with van der Waals surface area (Å²) in [6.07, 6.45) is 2.92. The Labute approximate surface area is 206 Å². The molecule has 2 aliphatic rings. The molecule has 7 heteroatoms. The standard InChI is InChI=1S/C28H34N2O5/c1-3-17(2)25(26(31)29-24-15-9-8-14-22(24)27(32)33)30-28(34)35-16-23-20-12-6-4-10-18(20)19-11-5-7-13-21(19)23/h4-7,10-13,17,22-25H,3,8-9,14-16H2,1-2H3,(H,29,31)(H,30,34)(H,32,33)/t17?,22?,24?,25-/m0/s1. The molecule has 186 valence electrons. The third kappa shape index (κ3) is 5.34. The number of hydrogen-bond acceptors (Lipinski definition) is 4. The van der Waals surface area contributed by atoms with Crippen molar-refractivity contribution >= 4 is 18.0 Å². The maximum absolute atomic E-state index is 13.1. The van der Waals surface area contributed by atoms with E-state index in [4.69, 9.17) is 4.74 Å². The van der Waals surface area contributed by atoms with Gasteiger partial charge in [0.1, 0.15) is 12.6 Å². The van der Waals surface area contributed by atoms with Gasteiger partial charge in [-0.2, -0.15) is 0 Å². The van der Waals surface area contributed by atoms with Crippen molar-refractivity contribution in [3.05, 3.63) is 59.7 Å². The number of rotatable bonds is 8. The summed E-state index contributed by atoms with van der Waals surface area (Å²) < 4.78 is 5.64. The fourth-order valence-electron chi connectivity index (χ4n) is 5.34. The highest BCUT2D eigenvalue weighted by Gasteiger charge is 2.35. The molecule has 3 N–H and O–H groups in total. The number of hydrogen-bond donors (Lipinski definition) is 3. The summed E-state index contributed by atoms with van der Waals surface area (Å²) in [6, 6.07) is 15.0. The number of amides is 2. The molecule has 4 rings (SSSR count). The van der Waals surface area contributed by atoms with E-state index in [9.17, 15) is 19.5 Å². The lowest BCUT2D eigenvalue weighted by Gasteiger charge is -2.32. The van der Waals surface area contributed by atoms with E-state index in [-0.39, 0.29) is 24.3 Å². The molecule has 35 heavy (non-hydrogen) atoms. The van der Waals surface area contributed by atoms with Crippen molar-refractivity contribution in [2.45, 2.75) is 64.0 Å². The Morgan fingerprint density at radius 1 is 1.00 bits per heavy atom. The summed E-state index contributed by atoms with van der Waals surface area (Å²) in [7, 11) is 0. The monoisotopic (exact) mass is 478 g/mol. The van der Waals surface area contributed by atoms with Gasteiger partial charge < -0.3 is 20.5 Å². The fraction of sp³-hybridized carbons (Fsp3) is 0.464. The first-order valence-electron chi connectivity index (χ1n) is 12.5. The molecule has 0 saturated heterocycles. The highest BCUT2D eigenvalue weighted by Crippen LogP contribution is 2.44. The molecule has 2 aromatic carbocycles. The van der Waals surface area contributed by atoms with Crippen molar-refractivity contribution in [1.82, 2.24) is 10.6 Å². The molecule has 2 amide bonds. The van der Waals surface area contributed by atoms with Crippen LogP contribution in [0.2, 0.25) is 0 Å². The number of carbonyl (C=O) groups is 3. The molecule has 0 spiro atoms. The van der Waals surface area contributed by atoms with Crippen molar-refractivity contribution < 1.29 is 24.2 Å². The van der Waals surface area contributed by atoms with Crippen LogP contribution in [-0.4, -0.2) is 41.8 Å². The molecule has 0 radical (unpaired) electrons. The van der Waals surface area contributed by atoms with E-state index in [1.54, 1.807) is 0 Å². The van der Waals surface area contributed by atoms with E-state index in [1.807, 2.05) is 38.1 Å². The fourth-order valence-corrected chi connectivity index (χ4v) is 5.34. The van der Waals surface area contributed by atoms with Crippen molar-refractivity contribution in [3.8, 4) is 11.1 Å². The summed E-state index contributed by atoms with van der Waals surface area (Å²) in [6.45, 7) is 4.01. The minimum absolute atomic E-state index is 0.0670. The second-order valence-electron chi connectivity index (χ2n) is 9.68. The van der Waals surface area contributed by atoms with E-state index in [0.717, 1.165) is 35.1 Å². The molecule has 1 saturated carbocycles. The Morgan fingerprint density at radius 2 is 1.60 bits per heavy atom. The van der Waals surface area contributed by atoms with Crippen LogP contribution in [0.15, 0.2) is 48.5 Å². The number of aliphatic carboxylic acids is 1. The second-order valence-corrected chi connectivity index (χ2v) is 9.68. The minimum Gasteiger partial charge on any atom is -0.481 e. The van der Waals surface area contributed by atoms with Crippen LogP contribution in [-0.2, 0) is 14.3 Å². The molecule has 0 aromatic heterocycles. The van der Waals surface area contributed by atoms with Gasteiger partial charge in [0.25, 0.3) is 0 Å². The van der Waals surface area contributed by atoms with Crippen LogP contribution in [0.3, 0.4) is 0 Å². The molecule has 0 heterocycles. The lowest BCUT2D eigenvalue weighted by atomic mass is 9.84. The number of carboxylic acids is 1. The number of alkyl carbamates (subject to hydrolysis) is 1. The highest BCUT2D eigenvalue weighted by atomic mass is 16.5. The molecule has 0 aliphatic heterocycles. The van der Waals surface area contributed by atoms with Gasteiger partial charge >= 0.3 is 12.1 Å². The van der Waals surface area contributed by atoms with Crippen LogP contribution in [0.25, 0.3) is 11.1 Å². The van der Waals surface area contributed by atoms with E-state index < -0.39 is 30.1 Å². The predicted molar refractivity (Wildman–Crippen MR) is 133 cm³/mol.